The summed E-state index contributed by atoms with van der Waals surface area (Å²) >= 11 is 0. The second-order valence-electron chi connectivity index (χ2n) is 4.46. The van der Waals surface area contributed by atoms with Crippen LogP contribution in [0.15, 0.2) is 30.3 Å². The first-order chi connectivity index (χ1) is 8.29. The molecule has 1 heteroatoms. The van der Waals surface area contributed by atoms with Crippen molar-refractivity contribution in [2.45, 2.75) is 45.1 Å². The van der Waals surface area contributed by atoms with Gasteiger partial charge in [-0.25, -0.2) is 0 Å². The second-order valence-corrected chi connectivity index (χ2v) is 4.46. The highest BCUT2D eigenvalue weighted by Crippen LogP contribution is 2.22. The molecule has 0 aliphatic heterocycles. The zero-order chi connectivity index (χ0) is 12.5. The summed E-state index contributed by atoms with van der Waals surface area (Å²) in [6, 6.07) is 11.2. The lowest BCUT2D eigenvalue weighted by molar-refractivity contribution is 0.425. The molecule has 1 N–H and O–H groups in total. The number of rotatable bonds is 7. The molecule has 1 rings (SSSR count). The molecule has 92 valence electrons. The molecule has 1 nitrogen and oxygen atoms in total. The van der Waals surface area contributed by atoms with Gasteiger partial charge < -0.3 is 5.32 Å². The van der Waals surface area contributed by atoms with Gasteiger partial charge in [-0.15, -0.1) is 12.3 Å². The Bertz CT molecular complexity index is 336. The minimum atomic E-state index is 0.524. The molecule has 2 unspecified atom stereocenters. The van der Waals surface area contributed by atoms with Gasteiger partial charge in [0.25, 0.3) is 0 Å². The first kappa shape index (κ1) is 13.8. The van der Waals surface area contributed by atoms with Crippen LogP contribution in [0.1, 0.15) is 44.6 Å². The van der Waals surface area contributed by atoms with Gasteiger partial charge in [0.05, 0.1) is 0 Å². The van der Waals surface area contributed by atoms with Crippen LogP contribution in [-0.2, 0) is 0 Å². The fourth-order valence-corrected chi connectivity index (χ4v) is 2.20. The fraction of sp³-hybridized carbons (Fsp3) is 0.500. The molecule has 0 aliphatic rings. The van der Waals surface area contributed by atoms with E-state index in [1.165, 1.54) is 5.56 Å². The lowest BCUT2D eigenvalue weighted by Crippen LogP contribution is -2.33. The Balaban J connectivity index is 2.60. The largest absolute Gasteiger partial charge is 0.314 e. The Morgan fingerprint density at radius 2 is 2.00 bits per heavy atom. The van der Waals surface area contributed by atoms with Gasteiger partial charge in [0, 0.05) is 12.5 Å². The number of benzene rings is 1. The highest BCUT2D eigenvalue weighted by atomic mass is 14.9. The van der Waals surface area contributed by atoms with Gasteiger partial charge in [-0.05, 0) is 30.9 Å². The maximum Gasteiger partial charge on any atom is 0.0133 e. The van der Waals surface area contributed by atoms with Crippen molar-refractivity contribution in [3.8, 4) is 12.3 Å². The summed E-state index contributed by atoms with van der Waals surface area (Å²) in [4.78, 5) is 0. The van der Waals surface area contributed by atoms with Crippen LogP contribution in [0.2, 0.25) is 0 Å². The number of terminal acetylenes is 1. The molecule has 0 saturated heterocycles. The maximum atomic E-state index is 5.31. The predicted octanol–water partition coefficient (Wildman–Crippen LogP) is 3.57. The number of hydrogen-bond acceptors (Lipinski definition) is 1. The van der Waals surface area contributed by atoms with E-state index in [-0.39, 0.29) is 0 Å². The van der Waals surface area contributed by atoms with Crippen LogP contribution in [0.3, 0.4) is 0 Å². The van der Waals surface area contributed by atoms with Gasteiger partial charge in [0.15, 0.2) is 0 Å². The molecular weight excluding hydrogens is 206 g/mol. The van der Waals surface area contributed by atoms with E-state index in [0.29, 0.717) is 12.0 Å². The minimum Gasteiger partial charge on any atom is -0.314 e. The van der Waals surface area contributed by atoms with Crippen LogP contribution < -0.4 is 5.32 Å². The molecule has 17 heavy (non-hydrogen) atoms. The third-order valence-corrected chi connectivity index (χ3v) is 3.23. The van der Waals surface area contributed by atoms with E-state index in [0.717, 1.165) is 25.8 Å². The van der Waals surface area contributed by atoms with Gasteiger partial charge in [-0.2, -0.15) is 0 Å². The summed E-state index contributed by atoms with van der Waals surface area (Å²) < 4.78 is 0. The summed E-state index contributed by atoms with van der Waals surface area (Å²) in [6.07, 6.45) is 8.43. The van der Waals surface area contributed by atoms with Gasteiger partial charge in [-0.3, -0.25) is 0 Å². The highest BCUT2D eigenvalue weighted by molar-refractivity contribution is 5.20. The zero-order valence-corrected chi connectivity index (χ0v) is 10.9. The van der Waals surface area contributed by atoms with E-state index in [1.807, 2.05) is 0 Å². The van der Waals surface area contributed by atoms with Crippen LogP contribution >= 0.6 is 0 Å². The van der Waals surface area contributed by atoms with Crippen molar-refractivity contribution in [2.75, 3.05) is 6.54 Å². The molecule has 2 atom stereocenters. The Morgan fingerprint density at radius 3 is 2.59 bits per heavy atom. The van der Waals surface area contributed by atoms with Crippen molar-refractivity contribution >= 4 is 0 Å². The molecule has 0 radical (unpaired) electrons. The smallest absolute Gasteiger partial charge is 0.0133 e. The number of hydrogen-bond donors (Lipinski definition) is 1. The third kappa shape index (κ3) is 4.63. The number of nitrogens with one attached hydrogen (secondary N) is 1. The van der Waals surface area contributed by atoms with E-state index in [2.05, 4.69) is 55.4 Å². The number of unbranched alkanes of at least 4 members (excludes halogenated alkanes) is 1. The summed E-state index contributed by atoms with van der Waals surface area (Å²) in [5, 5.41) is 3.57. The molecule has 1 aromatic rings. The Hall–Kier alpha value is -1.26. The molecule has 0 fully saturated rings. The van der Waals surface area contributed by atoms with E-state index in [4.69, 9.17) is 6.42 Å². The monoisotopic (exact) mass is 229 g/mol. The highest BCUT2D eigenvalue weighted by Gasteiger charge is 2.16. The molecule has 0 amide bonds. The van der Waals surface area contributed by atoms with E-state index in [1.54, 1.807) is 0 Å². The first-order valence-electron chi connectivity index (χ1n) is 6.51. The van der Waals surface area contributed by atoms with Crippen LogP contribution in [0.25, 0.3) is 0 Å². The predicted molar refractivity (Wildman–Crippen MR) is 75.0 cm³/mol. The average molecular weight is 229 g/mol. The first-order valence-corrected chi connectivity index (χ1v) is 6.51. The summed E-state index contributed by atoms with van der Waals surface area (Å²) in [5.41, 5.74) is 1.40. The Labute approximate surface area is 106 Å². The quantitative estimate of drug-likeness (QED) is 0.557. The molecule has 0 aliphatic carbocycles. The van der Waals surface area contributed by atoms with Crippen molar-refractivity contribution < 1.29 is 0 Å². The van der Waals surface area contributed by atoms with Crippen LogP contribution in [0.4, 0.5) is 0 Å². The summed E-state index contributed by atoms with van der Waals surface area (Å²) in [6.45, 7) is 5.46. The molecular formula is C16H23N. The van der Waals surface area contributed by atoms with Gasteiger partial charge in [0.2, 0.25) is 0 Å². The van der Waals surface area contributed by atoms with Crippen molar-refractivity contribution in [3.63, 3.8) is 0 Å². The molecule has 0 spiro atoms. The topological polar surface area (TPSA) is 12.0 Å². The molecule has 0 heterocycles. The van der Waals surface area contributed by atoms with E-state index in [9.17, 15) is 0 Å². The lowest BCUT2D eigenvalue weighted by Gasteiger charge is -2.25. The van der Waals surface area contributed by atoms with E-state index >= 15 is 0 Å². The third-order valence-electron chi connectivity index (χ3n) is 3.23. The minimum absolute atomic E-state index is 0.524. The molecule has 1 aromatic carbocycles. The van der Waals surface area contributed by atoms with Crippen molar-refractivity contribution in [1.82, 2.24) is 5.32 Å². The Morgan fingerprint density at radius 1 is 1.29 bits per heavy atom. The average Bonchev–Trinajstić information content (AvgIpc) is 2.38. The normalized spacial score (nSPS) is 13.9. The number of likely N-dealkylation sites (N-methyl/N-ethyl adjacent to an activating group) is 1. The van der Waals surface area contributed by atoms with Crippen molar-refractivity contribution in [1.29, 1.82) is 0 Å². The molecule has 0 bridgehead atoms. The Kier molecular flexibility index (Phi) is 6.43. The summed E-state index contributed by atoms with van der Waals surface area (Å²) in [5.74, 6) is 3.25. The van der Waals surface area contributed by atoms with Crippen LogP contribution in [0.5, 0.6) is 0 Å². The fourth-order valence-electron chi connectivity index (χ4n) is 2.20. The lowest BCUT2D eigenvalue weighted by atomic mass is 9.90. The molecule has 0 saturated carbocycles. The standard InChI is InChI=1S/C16H23N/c1-4-6-8-13-16(17-5-2)14(3)15-11-9-7-10-12-15/h1,7,9-12,14,16-17H,5-6,8,13H2,2-3H3. The molecule has 0 aromatic heterocycles. The maximum absolute atomic E-state index is 5.31. The van der Waals surface area contributed by atoms with E-state index < -0.39 is 0 Å². The van der Waals surface area contributed by atoms with Crippen LogP contribution in [0, 0.1) is 12.3 Å². The van der Waals surface area contributed by atoms with Gasteiger partial charge in [0.1, 0.15) is 0 Å². The van der Waals surface area contributed by atoms with Gasteiger partial charge >= 0.3 is 0 Å². The van der Waals surface area contributed by atoms with Crippen molar-refractivity contribution in [2.24, 2.45) is 0 Å². The second kappa shape index (κ2) is 7.92. The summed E-state index contributed by atoms with van der Waals surface area (Å²) in [7, 11) is 0. The SMILES string of the molecule is C#CCCCC(NCC)C(C)c1ccccc1. The van der Waals surface area contributed by atoms with Crippen LogP contribution in [-0.4, -0.2) is 12.6 Å². The van der Waals surface area contributed by atoms with Gasteiger partial charge in [-0.1, -0.05) is 44.2 Å². The zero-order valence-electron chi connectivity index (χ0n) is 10.9. The van der Waals surface area contributed by atoms with Crippen molar-refractivity contribution in [3.05, 3.63) is 35.9 Å².